The van der Waals surface area contributed by atoms with Crippen LogP contribution in [0.15, 0.2) is 65.6 Å². The highest BCUT2D eigenvalue weighted by Crippen LogP contribution is 2.30. The van der Waals surface area contributed by atoms with Crippen molar-refractivity contribution < 1.29 is 4.74 Å². The van der Waals surface area contributed by atoms with Crippen LogP contribution in [0.5, 0.6) is 5.75 Å². The molecule has 1 aliphatic heterocycles. The number of benzene rings is 2. The van der Waals surface area contributed by atoms with Crippen LogP contribution >= 0.6 is 0 Å². The second-order valence-corrected chi connectivity index (χ2v) is 7.35. The predicted octanol–water partition coefficient (Wildman–Crippen LogP) is 3.26. The zero-order valence-electron chi connectivity index (χ0n) is 16.3. The van der Waals surface area contributed by atoms with Crippen molar-refractivity contribution in [2.24, 2.45) is 0 Å². The molecule has 29 heavy (non-hydrogen) atoms. The number of para-hydroxylation sites is 1. The number of imidazole rings is 1. The molecule has 0 aliphatic carbocycles. The number of hydrogen-bond donors (Lipinski definition) is 1. The summed E-state index contributed by atoms with van der Waals surface area (Å²) in [4.78, 5) is 22.9. The van der Waals surface area contributed by atoms with Gasteiger partial charge in [0, 0.05) is 49.1 Å². The van der Waals surface area contributed by atoms with Crippen LogP contribution in [-0.4, -0.2) is 32.9 Å². The minimum absolute atomic E-state index is 0.149. The van der Waals surface area contributed by atoms with Gasteiger partial charge in [-0.05, 0) is 17.7 Å². The molecule has 0 bridgehead atoms. The van der Waals surface area contributed by atoms with Gasteiger partial charge < -0.3 is 9.72 Å². The van der Waals surface area contributed by atoms with Gasteiger partial charge in [-0.2, -0.15) is 0 Å². The fourth-order valence-electron chi connectivity index (χ4n) is 4.06. The summed E-state index contributed by atoms with van der Waals surface area (Å²) in [6, 6.07) is 18.2. The number of fused-ring (bicyclic) bond motifs is 3. The monoisotopic (exact) mass is 386 g/mol. The van der Waals surface area contributed by atoms with E-state index in [1.54, 1.807) is 17.7 Å². The number of nitrogens with zero attached hydrogens (tertiary/aromatic N) is 3. The number of ether oxygens (including phenoxy) is 1. The largest absolute Gasteiger partial charge is 0.496 e. The second-order valence-electron chi connectivity index (χ2n) is 7.35. The predicted molar refractivity (Wildman–Crippen MR) is 112 cm³/mol. The summed E-state index contributed by atoms with van der Waals surface area (Å²) in [6.45, 7) is 2.55. The minimum Gasteiger partial charge on any atom is -0.496 e. The van der Waals surface area contributed by atoms with Gasteiger partial charge in [-0.15, -0.1) is 0 Å². The zero-order chi connectivity index (χ0) is 19.8. The van der Waals surface area contributed by atoms with Gasteiger partial charge in [0.1, 0.15) is 11.4 Å². The van der Waals surface area contributed by atoms with E-state index in [0.29, 0.717) is 0 Å². The first-order valence-corrected chi connectivity index (χ1v) is 9.76. The Labute approximate surface area is 168 Å². The molecule has 4 aromatic rings. The lowest BCUT2D eigenvalue weighted by molar-refractivity contribution is 0.243. The van der Waals surface area contributed by atoms with Crippen LogP contribution in [0.25, 0.3) is 16.9 Å². The van der Waals surface area contributed by atoms with Crippen molar-refractivity contribution in [1.29, 1.82) is 0 Å². The molecule has 0 unspecified atom stereocenters. The van der Waals surface area contributed by atoms with E-state index in [1.165, 1.54) is 5.56 Å². The van der Waals surface area contributed by atoms with E-state index in [4.69, 9.17) is 9.72 Å². The molecule has 2 aromatic heterocycles. The molecule has 1 aliphatic rings. The third-order valence-corrected chi connectivity index (χ3v) is 5.51. The fraction of sp³-hybridized carbons (Fsp3) is 0.217. The van der Waals surface area contributed by atoms with Gasteiger partial charge in [0.25, 0.3) is 0 Å². The van der Waals surface area contributed by atoms with Crippen molar-refractivity contribution in [2.75, 3.05) is 13.7 Å². The van der Waals surface area contributed by atoms with Gasteiger partial charge in [-0.3, -0.25) is 9.30 Å². The maximum atomic E-state index is 12.6. The lowest BCUT2D eigenvalue weighted by atomic mass is 10.1. The Morgan fingerprint density at radius 1 is 1.10 bits per heavy atom. The van der Waals surface area contributed by atoms with Crippen LogP contribution in [0.2, 0.25) is 0 Å². The molecule has 0 saturated heterocycles. The molecule has 1 N–H and O–H groups in total. The Hall–Kier alpha value is -3.38. The summed E-state index contributed by atoms with van der Waals surface area (Å²) in [5, 5.41) is 0. The van der Waals surface area contributed by atoms with Gasteiger partial charge >= 0.3 is 5.69 Å². The first kappa shape index (κ1) is 17.7. The Balaban J connectivity index is 1.56. The van der Waals surface area contributed by atoms with Crippen molar-refractivity contribution in [1.82, 2.24) is 19.3 Å². The van der Waals surface area contributed by atoms with E-state index >= 15 is 0 Å². The molecule has 2 aromatic carbocycles. The van der Waals surface area contributed by atoms with Gasteiger partial charge in [-0.1, -0.05) is 42.5 Å². The van der Waals surface area contributed by atoms with E-state index in [-0.39, 0.29) is 5.69 Å². The lowest BCUT2D eigenvalue weighted by Crippen LogP contribution is -2.33. The van der Waals surface area contributed by atoms with Crippen molar-refractivity contribution in [3.8, 4) is 17.0 Å². The molecule has 0 radical (unpaired) electrons. The number of aromatic nitrogens is 3. The number of methoxy groups -OCH3 is 1. The Kier molecular flexibility index (Phi) is 4.41. The van der Waals surface area contributed by atoms with Crippen molar-refractivity contribution >= 4 is 5.65 Å². The van der Waals surface area contributed by atoms with Gasteiger partial charge in [0.2, 0.25) is 0 Å². The summed E-state index contributed by atoms with van der Waals surface area (Å²) < 4.78 is 7.10. The van der Waals surface area contributed by atoms with E-state index in [2.05, 4.69) is 34.1 Å². The summed E-state index contributed by atoms with van der Waals surface area (Å²) >= 11 is 0. The summed E-state index contributed by atoms with van der Waals surface area (Å²) in [7, 11) is 1.64. The summed E-state index contributed by atoms with van der Waals surface area (Å²) in [6.07, 6.45) is 2.60. The standard InChI is InChI=1S/C23H22N4O2/c1-29-21-10-6-5-9-17(21)20-15-27-22(24-20)18-14-26(12-11-19(18)25-23(27)28)13-16-7-3-2-4-8-16/h2-10,15H,11-14H2,1H3,(H,25,28). The average Bonchev–Trinajstić information content (AvgIpc) is 3.21. The Morgan fingerprint density at radius 3 is 2.72 bits per heavy atom. The van der Waals surface area contributed by atoms with Crippen LogP contribution in [0, 0.1) is 0 Å². The average molecular weight is 386 g/mol. The third kappa shape index (κ3) is 3.21. The number of hydrogen-bond acceptors (Lipinski definition) is 4. The summed E-state index contributed by atoms with van der Waals surface area (Å²) in [5.74, 6) is 0.743. The van der Waals surface area contributed by atoms with Gasteiger partial charge in [0.15, 0.2) is 0 Å². The molecule has 0 atom stereocenters. The zero-order valence-corrected chi connectivity index (χ0v) is 16.3. The highest BCUT2D eigenvalue weighted by atomic mass is 16.5. The molecule has 6 nitrogen and oxygen atoms in total. The Morgan fingerprint density at radius 2 is 1.90 bits per heavy atom. The molecule has 0 amide bonds. The van der Waals surface area contributed by atoms with Crippen molar-refractivity contribution in [3.05, 3.63) is 88.1 Å². The van der Waals surface area contributed by atoms with Crippen molar-refractivity contribution in [3.63, 3.8) is 0 Å². The first-order valence-electron chi connectivity index (χ1n) is 9.76. The van der Waals surface area contributed by atoms with E-state index in [9.17, 15) is 4.79 Å². The number of H-pyrrole nitrogens is 1. The quantitative estimate of drug-likeness (QED) is 0.585. The molecule has 146 valence electrons. The Bertz CT molecular complexity index is 1230. The van der Waals surface area contributed by atoms with Gasteiger partial charge in [-0.25, -0.2) is 9.78 Å². The summed E-state index contributed by atoms with van der Waals surface area (Å²) in [5.41, 5.74) is 5.56. The van der Waals surface area contributed by atoms with Gasteiger partial charge in [0.05, 0.1) is 12.8 Å². The molecule has 0 saturated carbocycles. The van der Waals surface area contributed by atoms with Crippen LogP contribution in [0.3, 0.4) is 0 Å². The normalized spacial score (nSPS) is 14.1. The topological polar surface area (TPSA) is 62.6 Å². The van der Waals surface area contributed by atoms with E-state index in [1.807, 2.05) is 30.3 Å². The minimum atomic E-state index is -0.149. The second kappa shape index (κ2) is 7.22. The van der Waals surface area contributed by atoms with E-state index in [0.717, 1.165) is 60.0 Å². The lowest BCUT2D eigenvalue weighted by Gasteiger charge is -2.28. The SMILES string of the molecule is COc1ccccc1-c1cn2c(=O)[nH]c3c(c2n1)CN(Cc1ccccc1)CC3. The highest BCUT2D eigenvalue weighted by Gasteiger charge is 2.23. The fourth-order valence-corrected chi connectivity index (χ4v) is 4.06. The highest BCUT2D eigenvalue weighted by molar-refractivity contribution is 5.70. The van der Waals surface area contributed by atoms with Crippen LogP contribution in [0.4, 0.5) is 0 Å². The van der Waals surface area contributed by atoms with Crippen LogP contribution in [-0.2, 0) is 19.5 Å². The number of aromatic amines is 1. The molecule has 3 heterocycles. The third-order valence-electron chi connectivity index (χ3n) is 5.51. The molecule has 6 heteroatoms. The maximum absolute atomic E-state index is 12.6. The molecule has 5 rings (SSSR count). The first-order chi connectivity index (χ1) is 14.2. The van der Waals surface area contributed by atoms with Crippen molar-refractivity contribution in [2.45, 2.75) is 19.5 Å². The molecule has 0 fully saturated rings. The van der Waals surface area contributed by atoms with Crippen LogP contribution < -0.4 is 10.4 Å². The number of nitrogens with one attached hydrogen (secondary N) is 1. The molecular formula is C23H22N4O2. The molecular weight excluding hydrogens is 364 g/mol. The smallest absolute Gasteiger partial charge is 0.331 e. The van der Waals surface area contributed by atoms with Crippen LogP contribution in [0.1, 0.15) is 16.8 Å². The number of rotatable bonds is 4. The van der Waals surface area contributed by atoms with E-state index < -0.39 is 0 Å². The molecule has 0 spiro atoms. The maximum Gasteiger partial charge on any atom is 0.331 e.